The number of nitrogen functional groups attached to an aromatic ring is 1. The van der Waals surface area contributed by atoms with Crippen molar-refractivity contribution >= 4 is 150 Å². The Morgan fingerprint density at radius 1 is 0.406 bits per heavy atom. The lowest BCUT2D eigenvalue weighted by molar-refractivity contribution is -0.147. The highest BCUT2D eigenvalue weighted by atomic mass is 35.5. The zero-order valence-corrected chi connectivity index (χ0v) is 59.3. The number of hydrogen-bond acceptors (Lipinski definition) is 18. The number of halogens is 7. The number of fused-ring (bicyclic) bond motifs is 2. The summed E-state index contributed by atoms with van der Waals surface area (Å²) in [6.07, 6.45) is 5.48. The lowest BCUT2D eigenvalue weighted by atomic mass is 10.0. The van der Waals surface area contributed by atoms with Crippen molar-refractivity contribution in [2.75, 3.05) is 60.8 Å². The molecule has 0 unspecified atom stereocenters. The number of carboxylic acid groups (broad SMARTS) is 1. The van der Waals surface area contributed by atoms with Crippen LogP contribution in [0, 0.1) is 33.7 Å². The van der Waals surface area contributed by atoms with Crippen molar-refractivity contribution in [1.29, 1.82) is 0 Å². The third-order valence-corrected chi connectivity index (χ3v) is 17.8. The number of pyridine rings is 2. The van der Waals surface area contributed by atoms with E-state index in [0.29, 0.717) is 122 Å². The van der Waals surface area contributed by atoms with Crippen molar-refractivity contribution < 1.29 is 90.5 Å². The van der Waals surface area contributed by atoms with Gasteiger partial charge in [0.1, 0.15) is 79.3 Å². The average Bonchev–Trinajstić information content (AvgIpc) is 1.54. The molecule has 3 fully saturated rings. The lowest BCUT2D eigenvalue weighted by Gasteiger charge is -2.16. The summed E-state index contributed by atoms with van der Waals surface area (Å²) >= 11 is 23.8. The van der Waals surface area contributed by atoms with Gasteiger partial charge in [0.05, 0.1) is 59.6 Å². The highest BCUT2D eigenvalue weighted by Gasteiger charge is 2.58. The molecule has 3 saturated carbocycles. The zero-order chi connectivity index (χ0) is 76.8. The fourth-order valence-electron chi connectivity index (χ4n) is 10.0. The molecular weight excluding hydrogens is 1470 g/mol. The summed E-state index contributed by atoms with van der Waals surface area (Å²) in [6, 6.07) is 39.0. The SMILES string of the molecule is COC(=O)c1cc2c(Cl)ccnc2cc1OC.COC(=O)c1cc2c(Oc3ccc(NC(=O)C4(C(=O)Nc5ccc(F)cc5)CC4)cc3Cl)ccnc2cc1OC.Nc1ccc(O)c(Cl)c1.O=C(Nc1ccc(F)cc1)C1(C(=O)Nc2ccc(O)c(Cl)c2)CC1.O=C(O)C1(C(=O)Nc2ccc(F)cc2)CC1. The monoisotopic (exact) mass is 1530 g/mol. The first-order chi connectivity index (χ1) is 50.5. The van der Waals surface area contributed by atoms with E-state index in [1.165, 1.54) is 138 Å². The largest absolute Gasteiger partial charge is 0.506 e. The van der Waals surface area contributed by atoms with E-state index in [4.69, 9.17) is 81.3 Å². The van der Waals surface area contributed by atoms with E-state index < -0.39 is 81.1 Å². The Morgan fingerprint density at radius 2 is 0.764 bits per heavy atom. The number of carbonyl (C=O) groups is 8. The topological polar surface area (TPSA) is 355 Å². The molecule has 24 nitrogen and oxygen atoms in total. The normalized spacial score (nSPS) is 13.3. The number of nitrogens with two attached hydrogens (primary N) is 1. The highest BCUT2D eigenvalue weighted by molar-refractivity contribution is 6.35. The van der Waals surface area contributed by atoms with Gasteiger partial charge >= 0.3 is 17.9 Å². The van der Waals surface area contributed by atoms with Crippen LogP contribution in [-0.4, -0.2) is 101 Å². The molecule has 548 valence electrons. The maximum Gasteiger partial charge on any atom is 0.341 e. The Hall–Kier alpha value is -11.9. The van der Waals surface area contributed by atoms with Crippen molar-refractivity contribution in [2.24, 2.45) is 16.2 Å². The Bertz CT molecular complexity index is 5010. The minimum absolute atomic E-state index is 0.0610. The molecule has 2 aromatic heterocycles. The lowest BCUT2D eigenvalue weighted by Crippen LogP contribution is -2.35. The van der Waals surface area contributed by atoms with E-state index in [-0.39, 0.29) is 37.9 Å². The first kappa shape index (κ1) is 78.2. The standard InChI is InChI=1S/C29H23ClFN3O6.C17H14ClFN2O3.C12H10ClNO3.C11H10FNO3.C6H6ClNO/c1-38-25-15-22-19(14-20(25)26(35)39-2)23(9-12-32-22)40-24-8-7-18(13-21(24)30)34-28(37)29(10-11-29)27(36)33-17-5-3-16(31)4-6-17;18-13-9-12(5-6-14(13)22)21-16(24)17(7-8-17)15(23)20-11-3-1-10(19)2-4-11;1-16-11-6-10-7(9(13)3-4-14-10)5-8(11)12(15)17-2;12-7-1-3-8(4-2-7)13-9(14)11(5-6-11)10(15)16;7-5-3-4(8)1-2-6(5)9/h3-9,12-15H,10-11H2,1-2H3,(H,33,36)(H,34,37);1-6,9,22H,7-8H2,(H,20,23)(H,21,24);3-6H,1-2H3;1-4H,5-6H2,(H,13,14)(H,15,16);1-3,9H,8H2. The number of carbonyl (C=O) groups excluding carboxylic acids is 7. The Morgan fingerprint density at radius 3 is 1.14 bits per heavy atom. The summed E-state index contributed by atoms with van der Waals surface area (Å²) in [7, 11) is 5.52. The molecule has 3 aliphatic carbocycles. The van der Waals surface area contributed by atoms with Crippen LogP contribution in [0.25, 0.3) is 21.8 Å². The van der Waals surface area contributed by atoms with Gasteiger partial charge in [-0.3, -0.25) is 38.7 Å². The van der Waals surface area contributed by atoms with Crippen molar-refractivity contribution in [2.45, 2.75) is 38.5 Å². The quantitative estimate of drug-likeness (QED) is 0.0177. The summed E-state index contributed by atoms with van der Waals surface area (Å²) in [5.74, 6) is -4.37. The van der Waals surface area contributed by atoms with E-state index in [0.717, 1.165) is 0 Å². The van der Waals surface area contributed by atoms with Gasteiger partial charge in [-0.15, -0.1) is 0 Å². The van der Waals surface area contributed by atoms with Gasteiger partial charge in [-0.25, -0.2) is 22.8 Å². The fourth-order valence-corrected chi connectivity index (χ4v) is 10.8. The molecule has 0 atom stereocenters. The smallest absolute Gasteiger partial charge is 0.341 e. The predicted octanol–water partition coefficient (Wildman–Crippen LogP) is 15.5. The van der Waals surface area contributed by atoms with Gasteiger partial charge in [-0.1, -0.05) is 46.4 Å². The molecule has 8 aromatic carbocycles. The van der Waals surface area contributed by atoms with Gasteiger partial charge in [0.2, 0.25) is 29.5 Å². The van der Waals surface area contributed by atoms with E-state index in [2.05, 4.69) is 41.3 Å². The summed E-state index contributed by atoms with van der Waals surface area (Å²) in [5.41, 5.74) is 5.98. The maximum atomic E-state index is 13.2. The van der Waals surface area contributed by atoms with Crippen LogP contribution < -0.4 is 46.5 Å². The Balaban J connectivity index is 0.000000167. The zero-order valence-electron chi connectivity index (χ0n) is 56.3. The van der Waals surface area contributed by atoms with Crippen LogP contribution in [0.15, 0.2) is 176 Å². The van der Waals surface area contributed by atoms with Gasteiger partial charge in [0, 0.05) is 69.4 Å². The van der Waals surface area contributed by atoms with E-state index in [1.807, 2.05) is 0 Å². The second-order valence-electron chi connectivity index (χ2n) is 23.7. The molecule has 106 heavy (non-hydrogen) atoms. The molecule has 0 aliphatic heterocycles. The number of rotatable bonds is 17. The van der Waals surface area contributed by atoms with Gasteiger partial charge in [0.25, 0.3) is 0 Å². The molecule has 0 spiro atoms. The minimum atomic E-state index is -1.27. The number of hydrogen-bond donors (Lipinski definition) is 9. The summed E-state index contributed by atoms with van der Waals surface area (Å²) in [6.45, 7) is 0. The Labute approximate surface area is 621 Å². The number of carboxylic acids is 1. The molecule has 31 heteroatoms. The number of esters is 2. The van der Waals surface area contributed by atoms with Gasteiger partial charge < -0.3 is 71.3 Å². The first-order valence-electron chi connectivity index (χ1n) is 31.6. The summed E-state index contributed by atoms with van der Waals surface area (Å²) < 4.78 is 64.7. The summed E-state index contributed by atoms with van der Waals surface area (Å²) in [5, 5.41) is 42.6. The number of aromatic nitrogens is 2. The number of nitrogens with zero attached hydrogens (tertiary/aromatic N) is 2. The number of methoxy groups -OCH3 is 4. The second-order valence-corrected chi connectivity index (χ2v) is 25.3. The molecule has 13 rings (SSSR count). The van der Waals surface area contributed by atoms with Crippen LogP contribution in [0.3, 0.4) is 0 Å². The molecule has 0 saturated heterocycles. The van der Waals surface area contributed by atoms with Crippen molar-refractivity contribution in [1.82, 2.24) is 9.97 Å². The van der Waals surface area contributed by atoms with E-state index in [1.54, 1.807) is 67.0 Å². The third-order valence-electron chi connectivity index (χ3n) is 16.6. The van der Waals surface area contributed by atoms with Crippen LogP contribution in [0.4, 0.5) is 47.3 Å². The molecule has 10 aromatic rings. The number of ether oxygens (including phenoxy) is 5. The van der Waals surface area contributed by atoms with Crippen molar-refractivity contribution in [3.8, 4) is 34.5 Å². The molecule has 2 heterocycles. The van der Waals surface area contributed by atoms with Gasteiger partial charge in [0.15, 0.2) is 0 Å². The summed E-state index contributed by atoms with van der Waals surface area (Å²) in [4.78, 5) is 105. The number of phenols is 2. The number of anilines is 6. The second kappa shape index (κ2) is 34.1. The molecule has 5 amide bonds. The third kappa shape index (κ3) is 19.1. The van der Waals surface area contributed by atoms with Gasteiger partial charge in [-0.2, -0.15) is 0 Å². The van der Waals surface area contributed by atoms with E-state index in [9.17, 15) is 56.6 Å². The molecule has 10 N–H and O–H groups in total. The predicted molar refractivity (Wildman–Crippen MR) is 391 cm³/mol. The van der Waals surface area contributed by atoms with Gasteiger partial charge in [-0.05, 0) is 190 Å². The number of phenolic OH excluding ortho intramolecular Hbond substituents is 2. The maximum absolute atomic E-state index is 13.2. The van der Waals surface area contributed by atoms with E-state index >= 15 is 0 Å². The Kier molecular flexibility index (Phi) is 25.2. The number of nitrogens with one attached hydrogen (secondary N) is 5. The average molecular weight is 1530 g/mol. The molecule has 0 bridgehead atoms. The fraction of sp³-hybridized carbons (Fsp3) is 0.173. The molecule has 3 aliphatic rings. The van der Waals surface area contributed by atoms with Crippen LogP contribution >= 0.6 is 46.4 Å². The van der Waals surface area contributed by atoms with Crippen LogP contribution in [0.5, 0.6) is 34.5 Å². The first-order valence-corrected chi connectivity index (χ1v) is 33.1. The molecular formula is C75H63Cl4F3N8O16. The highest BCUT2D eigenvalue weighted by Crippen LogP contribution is 2.50. The van der Waals surface area contributed by atoms with Crippen molar-refractivity contribution in [3.63, 3.8) is 0 Å². The number of aromatic hydroxyl groups is 2. The van der Waals surface area contributed by atoms with Crippen molar-refractivity contribution in [3.05, 3.63) is 225 Å². The molecule has 0 radical (unpaired) electrons. The number of aliphatic carboxylic acids is 1. The number of benzene rings is 8. The number of amides is 5. The van der Waals surface area contributed by atoms with Crippen LogP contribution in [-0.2, 0) is 38.2 Å². The van der Waals surface area contributed by atoms with Crippen LogP contribution in [0.2, 0.25) is 20.1 Å². The van der Waals surface area contributed by atoms with Crippen LogP contribution in [0.1, 0.15) is 59.2 Å². The minimum Gasteiger partial charge on any atom is -0.506 e.